The molecule has 4 heterocycles. The first-order chi connectivity index (χ1) is 19.5. The number of para-hydroxylation sites is 3. The summed E-state index contributed by atoms with van der Waals surface area (Å²) in [6, 6.07) is 40.7. The number of rotatable bonds is 1. The summed E-state index contributed by atoms with van der Waals surface area (Å²) in [5.74, 6) is 0. The van der Waals surface area contributed by atoms with Crippen LogP contribution in [0, 0.1) is 6.92 Å². The minimum atomic E-state index is -0.0870. The zero-order valence-electron chi connectivity index (χ0n) is 22.8. The van der Waals surface area contributed by atoms with Crippen LogP contribution in [0.5, 0.6) is 0 Å². The monoisotopic (exact) mass is 530 g/mol. The van der Waals surface area contributed by atoms with Gasteiger partial charge >= 0.3 is 6.85 Å². The molecule has 1 aromatic heterocycles. The van der Waals surface area contributed by atoms with E-state index in [9.17, 15) is 0 Å². The van der Waals surface area contributed by atoms with Crippen molar-refractivity contribution in [1.82, 2.24) is 0 Å². The molecule has 0 N–H and O–H groups in total. The fourth-order valence-corrected chi connectivity index (χ4v) is 8.85. The molecule has 40 heavy (non-hydrogen) atoms. The summed E-state index contributed by atoms with van der Waals surface area (Å²) in [6.45, 7) is 7.12. The molecule has 0 saturated heterocycles. The van der Waals surface area contributed by atoms with E-state index < -0.39 is 0 Å². The zero-order chi connectivity index (χ0) is 26.7. The lowest BCUT2D eigenvalue weighted by Crippen LogP contribution is -2.62. The summed E-state index contributed by atoms with van der Waals surface area (Å²) in [5, 5.41) is 1.32. The molecule has 0 amide bonds. The standard InChI is InChI=1S/C36H27BN2S/c1-22-20-26-24-15-11-17-28-33(24)39(29-18-9-8-16-27(29)36(28,2)3)37-32(26)30(21-22)38(23-12-5-4-6-13-23)34-25-14-7-10-19-31(25)40-35(34)37/h4-21H,1-3H3. The lowest BCUT2D eigenvalue weighted by Gasteiger charge is -2.50. The van der Waals surface area contributed by atoms with Gasteiger partial charge in [0.25, 0.3) is 0 Å². The van der Waals surface area contributed by atoms with Crippen LogP contribution >= 0.6 is 11.3 Å². The summed E-state index contributed by atoms with van der Waals surface area (Å²) in [6.07, 6.45) is 0. The molecule has 9 rings (SSSR count). The number of benzene rings is 5. The number of hydrogen-bond donors (Lipinski definition) is 0. The summed E-state index contributed by atoms with van der Waals surface area (Å²) in [4.78, 5) is 5.22. The van der Waals surface area contributed by atoms with E-state index in [1.165, 1.54) is 76.6 Å². The second-order valence-corrected chi connectivity index (χ2v) is 12.9. The molecule has 0 bridgehead atoms. The highest BCUT2D eigenvalue weighted by atomic mass is 32.1. The Bertz CT molecular complexity index is 2020. The fraction of sp³-hybridized carbons (Fsp3) is 0.111. The molecule has 0 saturated carbocycles. The first kappa shape index (κ1) is 22.5. The zero-order valence-corrected chi connectivity index (χ0v) is 23.6. The SMILES string of the molecule is Cc1cc2c3c(c1)N(c1ccccc1)c1c(sc4ccccc14)B3N1c3ccccc3C(C)(C)c3cccc-2c31. The van der Waals surface area contributed by atoms with E-state index >= 15 is 0 Å². The van der Waals surface area contributed by atoms with Crippen molar-refractivity contribution in [3.63, 3.8) is 0 Å². The van der Waals surface area contributed by atoms with E-state index in [4.69, 9.17) is 0 Å². The first-order valence-electron chi connectivity index (χ1n) is 14.1. The Kier molecular flexibility index (Phi) is 4.32. The Hall–Kier alpha value is -4.28. The number of thiophene rings is 1. The van der Waals surface area contributed by atoms with Crippen LogP contribution < -0.4 is 20.0 Å². The van der Waals surface area contributed by atoms with Crippen LogP contribution in [0.15, 0.2) is 109 Å². The molecular formula is C36H27BN2S. The van der Waals surface area contributed by atoms with Crippen LogP contribution in [0.1, 0.15) is 30.5 Å². The number of nitrogens with zero attached hydrogens (tertiary/aromatic N) is 2. The lowest BCUT2D eigenvalue weighted by atomic mass is 9.45. The van der Waals surface area contributed by atoms with Gasteiger partial charge in [0.05, 0.1) is 5.69 Å². The van der Waals surface area contributed by atoms with Gasteiger partial charge in [-0.15, -0.1) is 11.3 Å². The van der Waals surface area contributed by atoms with Crippen LogP contribution in [0.3, 0.4) is 0 Å². The molecule has 190 valence electrons. The molecule has 5 aromatic carbocycles. The molecule has 0 radical (unpaired) electrons. The van der Waals surface area contributed by atoms with Gasteiger partial charge < -0.3 is 9.71 Å². The van der Waals surface area contributed by atoms with E-state index in [2.05, 4.69) is 140 Å². The maximum Gasteiger partial charge on any atom is 0.343 e. The number of hydrogen-bond acceptors (Lipinski definition) is 3. The van der Waals surface area contributed by atoms with Gasteiger partial charge in [-0.3, -0.25) is 0 Å². The second-order valence-electron chi connectivity index (χ2n) is 11.8. The van der Waals surface area contributed by atoms with Crippen LogP contribution in [0.2, 0.25) is 0 Å². The maximum absolute atomic E-state index is 2.68. The van der Waals surface area contributed by atoms with Gasteiger partial charge in [-0.1, -0.05) is 92.7 Å². The van der Waals surface area contributed by atoms with E-state index in [-0.39, 0.29) is 12.3 Å². The summed E-state index contributed by atoms with van der Waals surface area (Å²) in [7, 11) is 0. The normalized spacial score (nSPS) is 15.4. The maximum atomic E-state index is 2.68. The molecule has 3 aliphatic heterocycles. The summed E-state index contributed by atoms with van der Waals surface area (Å²) < 4.78 is 2.75. The smallest absolute Gasteiger partial charge is 0.343 e. The van der Waals surface area contributed by atoms with Crippen LogP contribution in [0.25, 0.3) is 21.2 Å². The summed E-state index contributed by atoms with van der Waals surface area (Å²) >= 11 is 1.96. The van der Waals surface area contributed by atoms with Gasteiger partial charge in [0.1, 0.15) is 0 Å². The molecule has 6 aromatic rings. The van der Waals surface area contributed by atoms with E-state index in [0.717, 1.165) is 0 Å². The van der Waals surface area contributed by atoms with Crippen molar-refractivity contribution in [2.24, 2.45) is 0 Å². The molecule has 0 spiro atoms. The van der Waals surface area contributed by atoms with Gasteiger partial charge in [-0.05, 0) is 65.0 Å². The van der Waals surface area contributed by atoms with Gasteiger partial charge in [-0.2, -0.15) is 0 Å². The highest BCUT2D eigenvalue weighted by Gasteiger charge is 2.50. The topological polar surface area (TPSA) is 6.48 Å². The van der Waals surface area contributed by atoms with Crippen molar-refractivity contribution in [3.8, 4) is 11.1 Å². The van der Waals surface area contributed by atoms with Crippen molar-refractivity contribution in [1.29, 1.82) is 0 Å². The Morgan fingerprint density at radius 2 is 1.43 bits per heavy atom. The Morgan fingerprint density at radius 3 is 2.30 bits per heavy atom. The molecule has 0 aliphatic carbocycles. The van der Waals surface area contributed by atoms with Gasteiger partial charge in [0, 0.05) is 48.6 Å². The van der Waals surface area contributed by atoms with E-state index in [1.54, 1.807) is 0 Å². The molecule has 2 nitrogen and oxygen atoms in total. The van der Waals surface area contributed by atoms with Gasteiger partial charge in [0.2, 0.25) is 0 Å². The molecular weight excluding hydrogens is 503 g/mol. The number of aryl methyl sites for hydroxylation is 1. The fourth-order valence-electron chi connectivity index (χ4n) is 7.55. The van der Waals surface area contributed by atoms with Crippen molar-refractivity contribution >= 4 is 66.9 Å². The third-order valence-corrected chi connectivity index (χ3v) is 10.4. The molecule has 0 unspecified atom stereocenters. The Morgan fingerprint density at radius 1 is 0.675 bits per heavy atom. The van der Waals surface area contributed by atoms with Crippen molar-refractivity contribution in [2.45, 2.75) is 26.2 Å². The molecule has 0 fully saturated rings. The lowest BCUT2D eigenvalue weighted by molar-refractivity contribution is 0.634. The van der Waals surface area contributed by atoms with E-state index in [0.29, 0.717) is 0 Å². The average molecular weight is 531 g/mol. The molecule has 3 aliphatic rings. The first-order valence-corrected chi connectivity index (χ1v) is 14.9. The number of anilines is 5. The molecule has 4 heteroatoms. The molecule has 0 atom stereocenters. The summed E-state index contributed by atoms with van der Waals surface area (Å²) in [5.41, 5.74) is 14.6. The largest absolute Gasteiger partial charge is 0.375 e. The third-order valence-electron chi connectivity index (χ3n) is 9.23. The van der Waals surface area contributed by atoms with Crippen LogP contribution in [0.4, 0.5) is 28.4 Å². The van der Waals surface area contributed by atoms with Crippen molar-refractivity contribution in [2.75, 3.05) is 9.71 Å². The minimum Gasteiger partial charge on any atom is -0.375 e. The van der Waals surface area contributed by atoms with E-state index in [1.807, 2.05) is 11.3 Å². The highest BCUT2D eigenvalue weighted by Crippen LogP contribution is 2.56. The van der Waals surface area contributed by atoms with Gasteiger partial charge in [-0.25, -0.2) is 0 Å². The van der Waals surface area contributed by atoms with Gasteiger partial charge in [0.15, 0.2) is 0 Å². The predicted molar refractivity (Wildman–Crippen MR) is 172 cm³/mol. The third kappa shape index (κ3) is 2.70. The quantitative estimate of drug-likeness (QED) is 0.197. The second kappa shape index (κ2) is 7.68. The Labute approximate surface area is 239 Å². The van der Waals surface area contributed by atoms with Crippen LogP contribution in [-0.2, 0) is 5.41 Å². The predicted octanol–water partition coefficient (Wildman–Crippen LogP) is 8.56. The number of fused-ring (bicyclic) bond motifs is 8. The Balaban J connectivity index is 1.48. The van der Waals surface area contributed by atoms with Crippen molar-refractivity contribution in [3.05, 3.63) is 126 Å². The average Bonchev–Trinajstić information content (AvgIpc) is 3.36. The highest BCUT2D eigenvalue weighted by molar-refractivity contribution is 7.32. The minimum absolute atomic E-state index is 0.0870. The van der Waals surface area contributed by atoms with Crippen LogP contribution in [-0.4, -0.2) is 6.85 Å². The van der Waals surface area contributed by atoms with Crippen molar-refractivity contribution < 1.29 is 0 Å².